The Morgan fingerprint density at radius 3 is 2.21 bits per heavy atom. The lowest BCUT2D eigenvalue weighted by molar-refractivity contribution is -0.324. The minimum atomic E-state index is -1.76. The molecule has 316 valence electrons. The second kappa shape index (κ2) is 16.3. The molecule has 3 heterocycles. The van der Waals surface area contributed by atoms with E-state index in [0.717, 1.165) is 0 Å². The lowest BCUT2D eigenvalue weighted by Crippen LogP contribution is -2.58. The predicted octanol–water partition coefficient (Wildman–Crippen LogP) is 3.16. The number of hydrogen-bond donors (Lipinski definition) is 4. The number of hydrogen-bond acceptors (Lipinski definition) is 16. The summed E-state index contributed by atoms with van der Waals surface area (Å²) in [5, 5.41) is 45.9. The smallest absolute Gasteiger partial charge is 0.316 e. The number of ether oxygens (including phenoxy) is 7. The SMILES string of the molecule is CC[C@@]1(O)C[C@H](O[C@@H]2C[C@H](N(C)C)[C@@H](O[C@@H]3C[C@H](O)[C@@H](O[C@@H]4CCC(=O)[C@@H](C)O4)[C@@H](C)O3)[C@@H](C)O2)c2c(cc3c(c2O)C(=O)c2c(O)cccc2C3=O)[C@H]1C(=O)OC. The third-order valence-corrected chi connectivity index (χ3v) is 12.4. The number of rotatable bonds is 9. The first kappa shape index (κ1) is 42.3. The van der Waals surface area contributed by atoms with Crippen molar-refractivity contribution in [3.8, 4) is 11.5 Å². The number of methoxy groups -OCH3 is 1. The number of aromatic hydroxyl groups is 2. The van der Waals surface area contributed by atoms with Gasteiger partial charge in [0.05, 0.1) is 48.3 Å². The van der Waals surface area contributed by atoms with E-state index in [1.807, 2.05) is 19.0 Å². The molecular formula is C42H53NO15. The van der Waals surface area contributed by atoms with Crippen LogP contribution in [0.3, 0.4) is 0 Å². The molecule has 2 aliphatic carbocycles. The molecule has 4 N–H and O–H groups in total. The number of phenolic OH excluding ortho intramolecular Hbond substituents is 2. The van der Waals surface area contributed by atoms with Crippen LogP contribution in [0.2, 0.25) is 0 Å². The highest BCUT2D eigenvalue weighted by Crippen LogP contribution is 2.54. The number of benzene rings is 2. The average molecular weight is 812 g/mol. The fourth-order valence-corrected chi connectivity index (χ4v) is 9.27. The van der Waals surface area contributed by atoms with Gasteiger partial charge in [-0.15, -0.1) is 0 Å². The molecule has 0 radical (unpaired) electrons. The third kappa shape index (κ3) is 7.47. The third-order valence-electron chi connectivity index (χ3n) is 12.4. The molecule has 3 fully saturated rings. The molecule has 0 saturated carbocycles. The van der Waals surface area contributed by atoms with Gasteiger partial charge in [0.15, 0.2) is 30.4 Å². The second-order valence-corrected chi connectivity index (χ2v) is 16.3. The standard InChI is InChI=1S/C42H53NO15/c1-8-42(51)17-28(33-22(35(42)41(50)52-7)14-23-34(38(33)49)37(48)32-21(36(23)47)10-9-11-26(32)45)56-30-15-24(43(5)6)39(19(3)54-30)58-31-16-27(46)40(20(4)55-31)57-29-13-12-25(44)18(2)53-29/h9-11,14,18-20,24,27-31,35,39-40,45-46,49,51H,8,12-13,15-17H2,1-7H3/t18-,19-,20-,24+,27+,28+,29-,30-,31-,35+,39+,40+,42-/m1/s1. The van der Waals surface area contributed by atoms with E-state index in [-0.39, 0.29) is 70.9 Å². The van der Waals surface area contributed by atoms with Crippen molar-refractivity contribution in [1.82, 2.24) is 4.90 Å². The Hall–Kier alpha value is -3.84. The number of ketones is 3. The summed E-state index contributed by atoms with van der Waals surface area (Å²) in [5.74, 6) is -4.59. The van der Waals surface area contributed by atoms with Crippen LogP contribution in [-0.4, -0.2) is 137 Å². The first-order chi connectivity index (χ1) is 27.5. The predicted molar refractivity (Wildman–Crippen MR) is 201 cm³/mol. The highest BCUT2D eigenvalue weighted by atomic mass is 16.7. The topological polar surface area (TPSA) is 217 Å². The molecule has 2 aromatic rings. The fraction of sp³-hybridized carbons (Fsp3) is 0.619. The Kier molecular flexibility index (Phi) is 11.9. The molecular weight excluding hydrogens is 758 g/mol. The monoisotopic (exact) mass is 811 g/mol. The van der Waals surface area contributed by atoms with Gasteiger partial charge in [-0.2, -0.15) is 0 Å². The Morgan fingerprint density at radius 2 is 1.57 bits per heavy atom. The molecule has 0 unspecified atom stereocenters. The summed E-state index contributed by atoms with van der Waals surface area (Å²) in [5.41, 5.74) is -2.49. The van der Waals surface area contributed by atoms with E-state index in [4.69, 9.17) is 33.2 Å². The zero-order valence-electron chi connectivity index (χ0n) is 33.7. The van der Waals surface area contributed by atoms with Gasteiger partial charge in [-0.05, 0) is 59.0 Å². The molecule has 0 spiro atoms. The van der Waals surface area contributed by atoms with Gasteiger partial charge < -0.3 is 58.5 Å². The van der Waals surface area contributed by atoms with Crippen LogP contribution in [0.4, 0.5) is 0 Å². The van der Waals surface area contributed by atoms with Gasteiger partial charge in [0.2, 0.25) is 5.78 Å². The van der Waals surface area contributed by atoms with Crippen LogP contribution in [-0.2, 0) is 42.7 Å². The molecule has 3 saturated heterocycles. The highest BCUT2D eigenvalue weighted by molar-refractivity contribution is 6.30. The van der Waals surface area contributed by atoms with Crippen molar-refractivity contribution in [2.75, 3.05) is 21.2 Å². The molecule has 0 aromatic heterocycles. The quantitative estimate of drug-likeness (QED) is 0.228. The van der Waals surface area contributed by atoms with Crippen molar-refractivity contribution in [1.29, 1.82) is 0 Å². The lowest BCUT2D eigenvalue weighted by atomic mass is 9.67. The molecule has 0 bridgehead atoms. The van der Waals surface area contributed by atoms with E-state index in [1.54, 1.807) is 27.7 Å². The van der Waals surface area contributed by atoms with Crippen LogP contribution < -0.4 is 0 Å². The average Bonchev–Trinajstić information content (AvgIpc) is 3.17. The van der Waals surface area contributed by atoms with Gasteiger partial charge in [-0.25, -0.2) is 0 Å². The molecule has 3 aliphatic heterocycles. The summed E-state index contributed by atoms with van der Waals surface area (Å²) in [7, 11) is 4.91. The number of phenols is 2. The number of aliphatic hydroxyl groups excluding tert-OH is 1. The van der Waals surface area contributed by atoms with Crippen molar-refractivity contribution in [2.24, 2.45) is 0 Å². The summed E-state index contributed by atoms with van der Waals surface area (Å²) in [4.78, 5) is 55.0. The molecule has 58 heavy (non-hydrogen) atoms. The van der Waals surface area contributed by atoms with E-state index in [1.165, 1.54) is 31.4 Å². The van der Waals surface area contributed by atoms with Gasteiger partial charge in [-0.3, -0.25) is 19.2 Å². The Labute approximate surface area is 336 Å². The summed E-state index contributed by atoms with van der Waals surface area (Å²) >= 11 is 0. The number of carbonyl (C=O) groups is 4. The Bertz CT molecular complexity index is 1940. The van der Waals surface area contributed by atoms with E-state index >= 15 is 0 Å². The van der Waals surface area contributed by atoms with Crippen molar-refractivity contribution in [2.45, 2.75) is 145 Å². The highest BCUT2D eigenvalue weighted by Gasteiger charge is 2.53. The second-order valence-electron chi connectivity index (χ2n) is 16.3. The van der Waals surface area contributed by atoms with Crippen molar-refractivity contribution in [3.63, 3.8) is 0 Å². The number of Topliss-reactive ketones (excluding diaryl/α,β-unsaturated/α-hetero) is 1. The molecule has 5 aliphatic rings. The van der Waals surface area contributed by atoms with Crippen LogP contribution in [0.1, 0.15) is 121 Å². The number of aliphatic hydroxyl groups is 2. The zero-order valence-corrected chi connectivity index (χ0v) is 33.7. The van der Waals surface area contributed by atoms with E-state index in [9.17, 15) is 39.6 Å². The summed E-state index contributed by atoms with van der Waals surface area (Å²) < 4.78 is 42.6. The maximum absolute atomic E-state index is 13.9. The summed E-state index contributed by atoms with van der Waals surface area (Å²) in [6, 6.07) is 5.11. The first-order valence-electron chi connectivity index (χ1n) is 19.9. The number of esters is 1. The Balaban J connectivity index is 1.13. The normalized spacial score (nSPS) is 36.3. The van der Waals surface area contributed by atoms with Gasteiger partial charge in [0.1, 0.15) is 35.7 Å². The molecule has 16 heteroatoms. The molecule has 16 nitrogen and oxygen atoms in total. The Morgan fingerprint density at radius 1 is 0.897 bits per heavy atom. The van der Waals surface area contributed by atoms with Gasteiger partial charge in [0.25, 0.3) is 0 Å². The number of nitrogens with zero attached hydrogens (tertiary/aromatic N) is 1. The lowest BCUT2D eigenvalue weighted by Gasteiger charge is -2.48. The zero-order chi connectivity index (χ0) is 42.0. The molecule has 7 rings (SSSR count). The minimum Gasteiger partial charge on any atom is -0.507 e. The minimum absolute atomic E-state index is 0.00573. The van der Waals surface area contributed by atoms with Crippen molar-refractivity contribution in [3.05, 3.63) is 57.6 Å². The maximum Gasteiger partial charge on any atom is 0.316 e. The van der Waals surface area contributed by atoms with Crippen LogP contribution in [0.5, 0.6) is 11.5 Å². The molecule has 2 aromatic carbocycles. The van der Waals surface area contributed by atoms with E-state index in [2.05, 4.69) is 0 Å². The molecule has 13 atom stereocenters. The summed E-state index contributed by atoms with van der Waals surface area (Å²) in [6.45, 7) is 6.95. The van der Waals surface area contributed by atoms with E-state index in [0.29, 0.717) is 12.8 Å². The number of carbonyl (C=O) groups excluding carboxylic acids is 4. The first-order valence-corrected chi connectivity index (χ1v) is 19.9. The van der Waals surface area contributed by atoms with Crippen LogP contribution >= 0.6 is 0 Å². The van der Waals surface area contributed by atoms with Crippen LogP contribution in [0.25, 0.3) is 0 Å². The van der Waals surface area contributed by atoms with Crippen LogP contribution in [0, 0.1) is 0 Å². The maximum atomic E-state index is 13.9. The van der Waals surface area contributed by atoms with Gasteiger partial charge in [-0.1, -0.05) is 19.1 Å². The van der Waals surface area contributed by atoms with Crippen LogP contribution in [0.15, 0.2) is 24.3 Å². The summed E-state index contributed by atoms with van der Waals surface area (Å²) in [6.07, 6.45) is -6.64. The van der Waals surface area contributed by atoms with Gasteiger partial charge >= 0.3 is 5.97 Å². The largest absolute Gasteiger partial charge is 0.507 e. The van der Waals surface area contributed by atoms with Gasteiger partial charge in [0, 0.05) is 54.8 Å². The van der Waals surface area contributed by atoms with Crippen molar-refractivity contribution >= 4 is 23.3 Å². The number of fused-ring (bicyclic) bond motifs is 3. The molecule has 0 amide bonds. The fourth-order valence-electron chi connectivity index (χ4n) is 9.27. The van der Waals surface area contributed by atoms with Crippen molar-refractivity contribution < 1.29 is 72.8 Å². The number of likely N-dealkylation sites (N-methyl/N-ethyl adjacent to an activating group) is 1. The van der Waals surface area contributed by atoms with E-state index < -0.39 is 102 Å².